The number of ether oxygens (including phenoxy) is 1. The molecule has 0 saturated heterocycles. The van der Waals surface area contributed by atoms with Gasteiger partial charge in [-0.1, -0.05) is 18.2 Å². The molecule has 36 heavy (non-hydrogen) atoms. The molecular weight excluding hydrogens is 504 g/mol. The summed E-state index contributed by atoms with van der Waals surface area (Å²) < 4.78 is 30.0. The molecule has 1 fully saturated rings. The molecule has 192 valence electrons. The molecule has 12 heteroatoms. The Balaban J connectivity index is 1.28. The van der Waals surface area contributed by atoms with E-state index in [9.17, 15) is 23.1 Å². The van der Waals surface area contributed by atoms with Crippen molar-refractivity contribution >= 4 is 38.3 Å². The summed E-state index contributed by atoms with van der Waals surface area (Å²) in [5, 5.41) is 17.0. The molecule has 4 rings (SSSR count). The highest BCUT2D eigenvalue weighted by Crippen LogP contribution is 2.27. The minimum atomic E-state index is -3.49. The zero-order chi connectivity index (χ0) is 25.7. The number of nitrogens with one attached hydrogen (secondary N) is 2. The van der Waals surface area contributed by atoms with Gasteiger partial charge in [0.05, 0.1) is 42.9 Å². The number of amides is 2. The van der Waals surface area contributed by atoms with Gasteiger partial charge in [-0.05, 0) is 43.4 Å². The third kappa shape index (κ3) is 7.00. The van der Waals surface area contributed by atoms with E-state index in [1.807, 2.05) is 29.6 Å². The minimum Gasteiger partial charge on any atom is -0.393 e. The molecule has 0 bridgehead atoms. The van der Waals surface area contributed by atoms with Crippen molar-refractivity contribution in [1.82, 2.24) is 14.3 Å². The molecule has 0 atom stereocenters. The number of carbonyl (C=O) groups excluding carboxylic acids is 2. The highest BCUT2D eigenvalue weighted by molar-refractivity contribution is 7.89. The number of anilines is 1. The molecule has 2 amide bonds. The fourth-order valence-electron chi connectivity index (χ4n) is 3.85. The number of carbonyl (C=O) groups is 2. The van der Waals surface area contributed by atoms with Gasteiger partial charge in [0.1, 0.15) is 0 Å². The Kier molecular flexibility index (Phi) is 8.19. The Morgan fingerprint density at radius 1 is 1.22 bits per heavy atom. The van der Waals surface area contributed by atoms with E-state index >= 15 is 0 Å². The molecule has 0 spiro atoms. The molecule has 10 nitrogen and oxygen atoms in total. The molecule has 1 aromatic carbocycles. The Hall–Kier alpha value is -3.06. The van der Waals surface area contributed by atoms with Gasteiger partial charge in [0.25, 0.3) is 5.91 Å². The monoisotopic (exact) mass is 532 g/mol. The quantitative estimate of drug-likeness (QED) is 0.385. The molecule has 0 aliphatic heterocycles. The van der Waals surface area contributed by atoms with Gasteiger partial charge in [-0.2, -0.15) is 0 Å². The van der Waals surface area contributed by atoms with Crippen molar-refractivity contribution in [3.05, 3.63) is 59.2 Å². The van der Waals surface area contributed by atoms with Crippen LogP contribution < -0.4 is 10.6 Å². The van der Waals surface area contributed by atoms with Crippen LogP contribution >= 0.6 is 11.3 Å². The van der Waals surface area contributed by atoms with E-state index in [0.29, 0.717) is 17.4 Å². The fraction of sp³-hybridized carbons (Fsp3) is 0.375. The summed E-state index contributed by atoms with van der Waals surface area (Å²) in [6.45, 7) is 0.193. The second-order valence-corrected chi connectivity index (χ2v) is 11.4. The average molecular weight is 533 g/mol. The van der Waals surface area contributed by atoms with Crippen LogP contribution in [0.4, 0.5) is 5.13 Å². The van der Waals surface area contributed by atoms with Crippen LogP contribution in [0.1, 0.15) is 41.6 Å². The van der Waals surface area contributed by atoms with Crippen molar-refractivity contribution in [2.75, 3.05) is 18.1 Å². The lowest BCUT2D eigenvalue weighted by Gasteiger charge is -2.25. The number of aromatic nitrogens is 2. The maximum atomic E-state index is 12.3. The number of aliphatic hydroxyl groups is 1. The van der Waals surface area contributed by atoms with Crippen LogP contribution in [0.25, 0.3) is 11.3 Å². The third-order valence-electron chi connectivity index (χ3n) is 5.82. The molecule has 1 saturated carbocycles. The van der Waals surface area contributed by atoms with Crippen molar-refractivity contribution in [1.29, 1.82) is 0 Å². The molecule has 3 N–H and O–H groups in total. The van der Waals surface area contributed by atoms with Crippen molar-refractivity contribution in [3.8, 4) is 11.3 Å². The molecule has 0 unspecified atom stereocenters. The van der Waals surface area contributed by atoms with Crippen LogP contribution in [0.2, 0.25) is 0 Å². The third-order valence-corrected chi connectivity index (χ3v) is 7.58. The van der Waals surface area contributed by atoms with Gasteiger partial charge < -0.3 is 20.5 Å². The maximum Gasteiger partial charge on any atom is 0.253 e. The fourth-order valence-corrected chi connectivity index (χ4v) is 5.18. The zero-order valence-corrected chi connectivity index (χ0v) is 21.3. The van der Waals surface area contributed by atoms with Crippen LogP contribution in [-0.2, 0) is 26.2 Å². The number of thiazole rings is 1. The van der Waals surface area contributed by atoms with E-state index in [4.69, 9.17) is 4.74 Å². The van der Waals surface area contributed by atoms with Gasteiger partial charge in [0.2, 0.25) is 15.9 Å². The van der Waals surface area contributed by atoms with E-state index in [0.717, 1.165) is 47.0 Å². The first kappa shape index (κ1) is 26.0. The minimum absolute atomic E-state index is 0.134. The first-order valence-corrected chi connectivity index (χ1v) is 14.2. The number of hydrogen-bond donors (Lipinski definition) is 3. The number of hydrogen-bond acceptors (Lipinski definition) is 8. The van der Waals surface area contributed by atoms with Crippen molar-refractivity contribution in [2.24, 2.45) is 0 Å². The average Bonchev–Trinajstić information content (AvgIpc) is 3.53. The number of aliphatic hydroxyl groups excluding tert-OH is 1. The van der Waals surface area contributed by atoms with Crippen LogP contribution in [0.3, 0.4) is 0 Å². The molecule has 3 aromatic rings. The van der Waals surface area contributed by atoms with Crippen molar-refractivity contribution in [2.45, 2.75) is 44.5 Å². The highest BCUT2D eigenvalue weighted by atomic mass is 32.2. The van der Waals surface area contributed by atoms with Gasteiger partial charge in [-0.25, -0.2) is 13.4 Å². The molecule has 0 radical (unpaired) electrons. The topological polar surface area (TPSA) is 140 Å². The molecule has 2 heterocycles. The zero-order valence-electron chi connectivity index (χ0n) is 19.7. The predicted molar refractivity (Wildman–Crippen MR) is 136 cm³/mol. The molecule has 1 aliphatic carbocycles. The van der Waals surface area contributed by atoms with E-state index < -0.39 is 21.8 Å². The van der Waals surface area contributed by atoms with E-state index in [2.05, 4.69) is 15.6 Å². The molecule has 2 aromatic heterocycles. The van der Waals surface area contributed by atoms with Crippen LogP contribution in [0.5, 0.6) is 0 Å². The summed E-state index contributed by atoms with van der Waals surface area (Å²) in [6, 6.07) is 9.22. The first-order chi connectivity index (χ1) is 17.2. The summed E-state index contributed by atoms with van der Waals surface area (Å²) in [7, 11) is -3.49. The normalized spacial score (nSPS) is 18.1. The second kappa shape index (κ2) is 11.3. The van der Waals surface area contributed by atoms with Gasteiger partial charge in [-0.15, -0.1) is 11.3 Å². The van der Waals surface area contributed by atoms with E-state index in [1.54, 1.807) is 0 Å². The number of nitrogens with zero attached hydrogens (tertiary/aromatic N) is 2. The largest absolute Gasteiger partial charge is 0.393 e. The SMILES string of the molecule is CS(=O)(=O)n1ccc(C(=O)NCC(=O)Nc2nc(-c3cccc(COC4CCC(O)CC4)c3)cs2)c1. The lowest BCUT2D eigenvalue weighted by atomic mass is 9.95. The Morgan fingerprint density at radius 3 is 2.72 bits per heavy atom. The molecular formula is C24H28N4O6S2. The van der Waals surface area contributed by atoms with Crippen LogP contribution in [-0.4, -0.2) is 59.3 Å². The van der Waals surface area contributed by atoms with Crippen LogP contribution in [0.15, 0.2) is 48.1 Å². The Morgan fingerprint density at radius 2 is 2.00 bits per heavy atom. The maximum absolute atomic E-state index is 12.3. The highest BCUT2D eigenvalue weighted by Gasteiger charge is 2.20. The number of rotatable bonds is 9. The number of benzene rings is 1. The van der Waals surface area contributed by atoms with Gasteiger partial charge >= 0.3 is 0 Å². The van der Waals surface area contributed by atoms with Crippen molar-refractivity contribution < 1.29 is 27.9 Å². The lowest BCUT2D eigenvalue weighted by molar-refractivity contribution is -0.115. The summed E-state index contributed by atoms with van der Waals surface area (Å²) in [6.07, 6.45) is 6.72. The predicted octanol–water partition coefficient (Wildman–Crippen LogP) is 2.61. The van der Waals surface area contributed by atoms with Crippen molar-refractivity contribution in [3.63, 3.8) is 0 Å². The Bertz CT molecular complexity index is 1330. The summed E-state index contributed by atoms with van der Waals surface area (Å²) in [5.74, 6) is -1.01. The second-order valence-electron chi connectivity index (χ2n) is 8.70. The van der Waals surface area contributed by atoms with Crippen LogP contribution in [0, 0.1) is 0 Å². The Labute approximate surface area is 213 Å². The summed E-state index contributed by atoms with van der Waals surface area (Å²) >= 11 is 1.27. The van der Waals surface area contributed by atoms with Gasteiger partial charge in [0.15, 0.2) is 5.13 Å². The molecule has 1 aliphatic rings. The smallest absolute Gasteiger partial charge is 0.253 e. The summed E-state index contributed by atoms with van der Waals surface area (Å²) in [5.41, 5.74) is 2.76. The lowest BCUT2D eigenvalue weighted by Crippen LogP contribution is -2.32. The first-order valence-electron chi connectivity index (χ1n) is 11.5. The summed E-state index contributed by atoms with van der Waals surface area (Å²) in [4.78, 5) is 28.9. The standard InChI is InChI=1S/C24H28N4O6S2/c1-36(32,33)28-10-9-18(13-28)23(31)25-12-22(30)27-24-26-21(15-35-24)17-4-2-3-16(11-17)14-34-20-7-5-19(29)6-8-20/h2-4,9-11,13,15,19-20,29H,5-8,12,14H2,1H3,(H,25,31)(H,26,27,30). The van der Waals surface area contributed by atoms with Gasteiger partial charge in [-0.3, -0.25) is 13.6 Å². The van der Waals surface area contributed by atoms with Gasteiger partial charge in [0, 0.05) is 23.3 Å². The van der Waals surface area contributed by atoms with E-state index in [-0.39, 0.29) is 24.3 Å². The van der Waals surface area contributed by atoms with E-state index in [1.165, 1.54) is 29.8 Å².